The highest BCUT2D eigenvalue weighted by Crippen LogP contribution is 2.41. The topological polar surface area (TPSA) is 37.3 Å². The van der Waals surface area contributed by atoms with Crippen molar-refractivity contribution in [2.75, 3.05) is 0 Å². The van der Waals surface area contributed by atoms with Crippen LogP contribution in [0.4, 0.5) is 8.78 Å². The predicted octanol–water partition coefficient (Wildman–Crippen LogP) is 2.14. The highest BCUT2D eigenvalue weighted by molar-refractivity contribution is 5.71. The van der Waals surface area contributed by atoms with Gasteiger partial charge in [-0.3, -0.25) is 4.79 Å². The largest absolute Gasteiger partial charge is 0.481 e. The molecule has 0 bridgehead atoms. The normalized spacial score (nSPS) is 21.6. The van der Waals surface area contributed by atoms with Gasteiger partial charge in [0.1, 0.15) is 5.92 Å². The summed E-state index contributed by atoms with van der Waals surface area (Å²) in [5.74, 6) is -6.25. The minimum Gasteiger partial charge on any atom is -0.481 e. The van der Waals surface area contributed by atoms with Gasteiger partial charge in [-0.1, -0.05) is 6.42 Å². The molecule has 0 radical (unpaired) electrons. The van der Waals surface area contributed by atoms with Crippen molar-refractivity contribution in [1.29, 1.82) is 0 Å². The lowest BCUT2D eigenvalue weighted by Crippen LogP contribution is -2.40. The van der Waals surface area contributed by atoms with E-state index in [4.69, 9.17) is 5.11 Å². The van der Waals surface area contributed by atoms with Gasteiger partial charge in [-0.15, -0.1) is 0 Å². The molecule has 1 unspecified atom stereocenters. The molecule has 0 aromatic rings. The average Bonchev–Trinajstić information content (AvgIpc) is 1.73. The Morgan fingerprint density at radius 2 is 2.08 bits per heavy atom. The zero-order valence-corrected chi connectivity index (χ0v) is 6.89. The van der Waals surface area contributed by atoms with Crippen molar-refractivity contribution in [2.45, 2.75) is 32.1 Å². The molecule has 0 spiro atoms. The van der Waals surface area contributed by atoms with Crippen LogP contribution in [0, 0.1) is 11.8 Å². The monoisotopic (exact) mass is 178 g/mol. The minimum absolute atomic E-state index is 0.317. The Bertz CT molecular complexity index is 182. The molecular formula is C8H12F2O2. The summed E-state index contributed by atoms with van der Waals surface area (Å²) >= 11 is 0. The first kappa shape index (κ1) is 9.42. The average molecular weight is 178 g/mol. The molecule has 1 N–H and O–H groups in total. The number of hydrogen-bond donors (Lipinski definition) is 1. The molecule has 0 aromatic heterocycles. The first-order chi connectivity index (χ1) is 5.43. The fourth-order valence-electron chi connectivity index (χ4n) is 1.61. The molecule has 1 aliphatic carbocycles. The first-order valence-electron chi connectivity index (χ1n) is 4.03. The van der Waals surface area contributed by atoms with Crippen LogP contribution < -0.4 is 0 Å². The SMILES string of the molecule is CC(F)(F)C(C(=O)O)C1CCC1. The second kappa shape index (κ2) is 2.99. The Labute approximate surface area is 69.6 Å². The van der Waals surface area contributed by atoms with E-state index in [0.29, 0.717) is 19.8 Å². The molecule has 0 aromatic carbocycles. The maximum Gasteiger partial charge on any atom is 0.312 e. The Kier molecular flexibility index (Phi) is 2.35. The van der Waals surface area contributed by atoms with Crippen LogP contribution in [0.1, 0.15) is 26.2 Å². The zero-order valence-electron chi connectivity index (χ0n) is 6.89. The standard InChI is InChI=1S/C8H12F2O2/c1-8(9,10)6(7(11)12)5-3-2-4-5/h5-6H,2-4H2,1H3,(H,11,12). The van der Waals surface area contributed by atoms with Crippen molar-refractivity contribution >= 4 is 5.97 Å². The van der Waals surface area contributed by atoms with Gasteiger partial charge in [-0.05, 0) is 18.8 Å². The van der Waals surface area contributed by atoms with Gasteiger partial charge in [0, 0.05) is 6.92 Å². The van der Waals surface area contributed by atoms with Crippen molar-refractivity contribution in [3.8, 4) is 0 Å². The minimum atomic E-state index is -3.09. The summed E-state index contributed by atoms with van der Waals surface area (Å²) in [6, 6.07) is 0. The smallest absolute Gasteiger partial charge is 0.312 e. The lowest BCUT2D eigenvalue weighted by molar-refractivity contribution is -0.163. The van der Waals surface area contributed by atoms with Gasteiger partial charge in [0.05, 0.1) is 0 Å². The third kappa shape index (κ3) is 1.73. The molecule has 0 amide bonds. The van der Waals surface area contributed by atoms with E-state index in [1.807, 2.05) is 0 Å². The molecule has 70 valence electrons. The molecular weight excluding hydrogens is 166 g/mol. The van der Waals surface area contributed by atoms with Crippen molar-refractivity contribution in [3.05, 3.63) is 0 Å². The highest BCUT2D eigenvalue weighted by atomic mass is 19.3. The van der Waals surface area contributed by atoms with Gasteiger partial charge >= 0.3 is 5.97 Å². The van der Waals surface area contributed by atoms with Crippen LogP contribution >= 0.6 is 0 Å². The Morgan fingerprint density at radius 3 is 2.17 bits per heavy atom. The summed E-state index contributed by atoms with van der Waals surface area (Å²) in [6.45, 7) is 0.685. The molecule has 0 heterocycles. The number of carboxylic acids is 1. The summed E-state index contributed by atoms with van der Waals surface area (Å²) in [6.07, 6.45) is 2.13. The van der Waals surface area contributed by atoms with Crippen molar-refractivity contribution in [1.82, 2.24) is 0 Å². The third-order valence-corrected chi connectivity index (χ3v) is 2.43. The molecule has 4 heteroatoms. The van der Waals surface area contributed by atoms with Crippen LogP contribution in [0.2, 0.25) is 0 Å². The van der Waals surface area contributed by atoms with Crippen LogP contribution in [0.5, 0.6) is 0 Å². The molecule has 2 nitrogen and oxygen atoms in total. The third-order valence-electron chi connectivity index (χ3n) is 2.43. The van der Waals surface area contributed by atoms with E-state index in [2.05, 4.69) is 0 Å². The maximum absolute atomic E-state index is 12.7. The Balaban J connectivity index is 2.67. The van der Waals surface area contributed by atoms with E-state index < -0.39 is 17.8 Å². The van der Waals surface area contributed by atoms with Gasteiger partial charge in [-0.2, -0.15) is 0 Å². The van der Waals surface area contributed by atoms with Gasteiger partial charge in [0.25, 0.3) is 5.92 Å². The van der Waals surface area contributed by atoms with E-state index in [9.17, 15) is 13.6 Å². The second-order valence-electron chi connectivity index (χ2n) is 3.46. The van der Waals surface area contributed by atoms with E-state index in [1.165, 1.54) is 0 Å². The van der Waals surface area contributed by atoms with Gasteiger partial charge < -0.3 is 5.11 Å². The summed E-state index contributed by atoms with van der Waals surface area (Å²) in [7, 11) is 0. The summed E-state index contributed by atoms with van der Waals surface area (Å²) in [5.41, 5.74) is 0. The van der Waals surface area contributed by atoms with E-state index in [1.54, 1.807) is 0 Å². The van der Waals surface area contributed by atoms with Crippen molar-refractivity contribution < 1.29 is 18.7 Å². The Morgan fingerprint density at radius 1 is 1.58 bits per heavy atom. The quantitative estimate of drug-likeness (QED) is 0.718. The van der Waals surface area contributed by atoms with Gasteiger partial charge in [0.15, 0.2) is 0 Å². The molecule has 1 atom stereocenters. The molecule has 0 aliphatic heterocycles. The molecule has 1 saturated carbocycles. The van der Waals surface area contributed by atoms with Crippen LogP contribution in [-0.2, 0) is 4.79 Å². The summed E-state index contributed by atoms with van der Waals surface area (Å²) in [5, 5.41) is 8.56. The van der Waals surface area contributed by atoms with E-state index >= 15 is 0 Å². The van der Waals surface area contributed by atoms with Crippen LogP contribution in [-0.4, -0.2) is 17.0 Å². The molecule has 0 saturated heterocycles. The molecule has 12 heavy (non-hydrogen) atoms. The first-order valence-corrected chi connectivity index (χ1v) is 4.03. The van der Waals surface area contributed by atoms with Gasteiger partial charge in [-0.25, -0.2) is 8.78 Å². The van der Waals surface area contributed by atoms with Crippen molar-refractivity contribution in [3.63, 3.8) is 0 Å². The molecule has 1 aliphatic rings. The number of alkyl halides is 2. The lowest BCUT2D eigenvalue weighted by Gasteiger charge is -2.34. The fraction of sp³-hybridized carbons (Fsp3) is 0.875. The van der Waals surface area contributed by atoms with Crippen molar-refractivity contribution in [2.24, 2.45) is 11.8 Å². The van der Waals surface area contributed by atoms with E-state index in [0.717, 1.165) is 6.42 Å². The summed E-state index contributed by atoms with van der Waals surface area (Å²) in [4.78, 5) is 10.5. The fourth-order valence-corrected chi connectivity index (χ4v) is 1.61. The number of aliphatic carboxylic acids is 1. The molecule has 1 fully saturated rings. The summed E-state index contributed by atoms with van der Waals surface area (Å²) < 4.78 is 25.5. The number of halogens is 2. The zero-order chi connectivity index (χ0) is 9.35. The number of carbonyl (C=O) groups is 1. The van der Waals surface area contributed by atoms with Crippen LogP contribution in [0.25, 0.3) is 0 Å². The lowest BCUT2D eigenvalue weighted by atomic mass is 9.73. The maximum atomic E-state index is 12.7. The van der Waals surface area contributed by atoms with Crippen LogP contribution in [0.15, 0.2) is 0 Å². The predicted molar refractivity (Wildman–Crippen MR) is 39.1 cm³/mol. The number of rotatable bonds is 3. The van der Waals surface area contributed by atoms with E-state index in [-0.39, 0.29) is 5.92 Å². The molecule has 1 rings (SSSR count). The second-order valence-corrected chi connectivity index (χ2v) is 3.46. The highest BCUT2D eigenvalue weighted by Gasteiger charge is 2.47. The van der Waals surface area contributed by atoms with Gasteiger partial charge in [0.2, 0.25) is 0 Å². The number of hydrogen-bond acceptors (Lipinski definition) is 1. The number of carboxylic acid groups (broad SMARTS) is 1. The van der Waals surface area contributed by atoms with Crippen LogP contribution in [0.3, 0.4) is 0 Å². The Hall–Kier alpha value is -0.670.